The van der Waals surface area contributed by atoms with Gasteiger partial charge >= 0.3 is 11.7 Å². The second-order valence-corrected chi connectivity index (χ2v) is 5.03. The van der Waals surface area contributed by atoms with Crippen LogP contribution in [-0.2, 0) is 4.74 Å². The molecule has 0 bridgehead atoms. The van der Waals surface area contributed by atoms with Crippen LogP contribution in [0.5, 0.6) is 0 Å². The van der Waals surface area contributed by atoms with Crippen molar-refractivity contribution in [2.45, 2.75) is 25.4 Å². The molecule has 0 radical (unpaired) electrons. The van der Waals surface area contributed by atoms with Gasteiger partial charge in [-0.05, 0) is 31.2 Å². The SMILES string of the molecule is COC(=O)c1ccc([N+](=O)[O-])c(NCC2CCC(O)C2)n1. The van der Waals surface area contributed by atoms with Crippen LogP contribution in [0.25, 0.3) is 0 Å². The van der Waals surface area contributed by atoms with Gasteiger partial charge in [0.25, 0.3) is 0 Å². The van der Waals surface area contributed by atoms with Crippen molar-refractivity contribution in [2.75, 3.05) is 19.0 Å². The minimum atomic E-state index is -0.649. The summed E-state index contributed by atoms with van der Waals surface area (Å²) in [5.74, 6) is -0.364. The summed E-state index contributed by atoms with van der Waals surface area (Å²) >= 11 is 0. The predicted octanol–water partition coefficient (Wildman–Crippen LogP) is 1.35. The van der Waals surface area contributed by atoms with Gasteiger partial charge in [-0.15, -0.1) is 0 Å². The molecule has 0 aliphatic heterocycles. The van der Waals surface area contributed by atoms with E-state index in [9.17, 15) is 20.0 Å². The summed E-state index contributed by atoms with van der Waals surface area (Å²) in [6.45, 7) is 0.468. The van der Waals surface area contributed by atoms with E-state index in [0.29, 0.717) is 13.0 Å². The molecule has 0 aromatic carbocycles. The van der Waals surface area contributed by atoms with E-state index < -0.39 is 10.9 Å². The van der Waals surface area contributed by atoms with Crippen LogP contribution in [0.15, 0.2) is 12.1 Å². The molecule has 1 aromatic rings. The monoisotopic (exact) mass is 295 g/mol. The second-order valence-electron chi connectivity index (χ2n) is 5.03. The highest BCUT2D eigenvalue weighted by molar-refractivity contribution is 5.88. The third kappa shape index (κ3) is 3.66. The molecular formula is C13H17N3O5. The summed E-state index contributed by atoms with van der Waals surface area (Å²) in [6.07, 6.45) is 1.96. The van der Waals surface area contributed by atoms with Gasteiger partial charge < -0.3 is 15.2 Å². The second kappa shape index (κ2) is 6.49. The van der Waals surface area contributed by atoms with Crippen LogP contribution in [0.4, 0.5) is 11.5 Å². The summed E-state index contributed by atoms with van der Waals surface area (Å²) in [6, 6.07) is 2.49. The molecule has 8 nitrogen and oxygen atoms in total. The Morgan fingerprint density at radius 2 is 2.33 bits per heavy atom. The Hall–Kier alpha value is -2.22. The van der Waals surface area contributed by atoms with Gasteiger partial charge in [0.05, 0.1) is 18.1 Å². The fraction of sp³-hybridized carbons (Fsp3) is 0.538. The Labute approximate surface area is 121 Å². The maximum Gasteiger partial charge on any atom is 0.356 e. The van der Waals surface area contributed by atoms with Crippen molar-refractivity contribution in [3.8, 4) is 0 Å². The molecule has 2 rings (SSSR count). The minimum Gasteiger partial charge on any atom is -0.464 e. The Morgan fingerprint density at radius 1 is 1.57 bits per heavy atom. The molecule has 2 atom stereocenters. The lowest BCUT2D eigenvalue weighted by Crippen LogP contribution is -2.16. The number of nitrogens with zero attached hydrogens (tertiary/aromatic N) is 2. The summed E-state index contributed by atoms with van der Waals surface area (Å²) in [5.41, 5.74) is -0.182. The van der Waals surface area contributed by atoms with Crippen LogP contribution < -0.4 is 5.32 Å². The van der Waals surface area contributed by atoms with Crippen molar-refractivity contribution in [1.29, 1.82) is 0 Å². The van der Waals surface area contributed by atoms with Crippen LogP contribution in [0.1, 0.15) is 29.8 Å². The Kier molecular flexibility index (Phi) is 4.69. The molecule has 2 N–H and O–H groups in total. The molecule has 1 heterocycles. The van der Waals surface area contributed by atoms with Gasteiger partial charge in [0.1, 0.15) is 0 Å². The number of esters is 1. The molecule has 21 heavy (non-hydrogen) atoms. The fourth-order valence-corrected chi connectivity index (χ4v) is 2.42. The van der Waals surface area contributed by atoms with Gasteiger partial charge in [0, 0.05) is 12.6 Å². The van der Waals surface area contributed by atoms with Crippen LogP contribution in [0.2, 0.25) is 0 Å². The van der Waals surface area contributed by atoms with Gasteiger partial charge in [0.2, 0.25) is 5.82 Å². The number of methoxy groups -OCH3 is 1. The highest BCUT2D eigenvalue weighted by Gasteiger charge is 2.24. The summed E-state index contributed by atoms with van der Waals surface area (Å²) in [4.78, 5) is 25.8. The third-order valence-corrected chi connectivity index (χ3v) is 3.54. The minimum absolute atomic E-state index is 0.0112. The number of aromatic nitrogens is 1. The maximum atomic E-state index is 11.4. The average Bonchev–Trinajstić information content (AvgIpc) is 2.89. The first-order valence-corrected chi connectivity index (χ1v) is 6.67. The van der Waals surface area contributed by atoms with Crippen molar-refractivity contribution in [2.24, 2.45) is 5.92 Å². The number of nitrogens with one attached hydrogen (secondary N) is 1. The van der Waals surface area contributed by atoms with Crippen LogP contribution in [0, 0.1) is 16.0 Å². The number of aliphatic hydroxyl groups is 1. The average molecular weight is 295 g/mol. The zero-order valence-electron chi connectivity index (χ0n) is 11.6. The molecule has 1 saturated carbocycles. The molecule has 1 aliphatic carbocycles. The molecule has 1 fully saturated rings. The molecule has 114 valence electrons. The summed E-state index contributed by atoms with van der Waals surface area (Å²) in [5, 5.41) is 23.4. The number of hydrogen-bond acceptors (Lipinski definition) is 7. The highest BCUT2D eigenvalue weighted by atomic mass is 16.6. The number of rotatable bonds is 5. The Balaban J connectivity index is 2.14. The van der Waals surface area contributed by atoms with Crippen molar-refractivity contribution in [3.05, 3.63) is 27.9 Å². The van der Waals surface area contributed by atoms with Gasteiger partial charge in [0.15, 0.2) is 5.69 Å². The number of carbonyl (C=O) groups excluding carboxylic acids is 1. The molecule has 2 unspecified atom stereocenters. The van der Waals surface area contributed by atoms with E-state index in [1.165, 1.54) is 19.2 Å². The number of ether oxygens (including phenoxy) is 1. The first-order valence-electron chi connectivity index (χ1n) is 6.67. The van der Waals surface area contributed by atoms with E-state index in [1.54, 1.807) is 0 Å². The van der Waals surface area contributed by atoms with E-state index in [2.05, 4.69) is 15.0 Å². The third-order valence-electron chi connectivity index (χ3n) is 3.54. The van der Waals surface area contributed by atoms with Crippen LogP contribution in [0.3, 0.4) is 0 Å². The zero-order valence-corrected chi connectivity index (χ0v) is 11.6. The summed E-state index contributed by atoms with van der Waals surface area (Å²) in [7, 11) is 1.22. The van der Waals surface area contributed by atoms with E-state index in [4.69, 9.17) is 0 Å². The van der Waals surface area contributed by atoms with Crippen molar-refractivity contribution in [1.82, 2.24) is 4.98 Å². The number of pyridine rings is 1. The van der Waals surface area contributed by atoms with Crippen LogP contribution in [-0.4, -0.2) is 40.7 Å². The first kappa shape index (κ1) is 15.2. The van der Waals surface area contributed by atoms with E-state index in [0.717, 1.165) is 12.8 Å². The molecular weight excluding hydrogens is 278 g/mol. The number of nitro groups is 1. The highest BCUT2D eigenvalue weighted by Crippen LogP contribution is 2.27. The Morgan fingerprint density at radius 3 is 2.90 bits per heavy atom. The topological polar surface area (TPSA) is 115 Å². The van der Waals surface area contributed by atoms with Gasteiger partial charge in [-0.1, -0.05) is 0 Å². The number of anilines is 1. The number of carbonyl (C=O) groups is 1. The van der Waals surface area contributed by atoms with Gasteiger partial charge in [-0.2, -0.15) is 0 Å². The zero-order chi connectivity index (χ0) is 15.4. The van der Waals surface area contributed by atoms with Gasteiger partial charge in [-0.3, -0.25) is 10.1 Å². The smallest absolute Gasteiger partial charge is 0.356 e. The lowest BCUT2D eigenvalue weighted by molar-refractivity contribution is -0.384. The standard InChI is InChI=1S/C13H17N3O5/c1-21-13(18)10-4-5-11(16(19)20)12(15-10)14-7-8-2-3-9(17)6-8/h4-5,8-9,17H,2-3,6-7H2,1H3,(H,14,15). The molecule has 0 saturated heterocycles. The van der Waals surface area contributed by atoms with Crippen LogP contribution >= 0.6 is 0 Å². The van der Waals surface area contributed by atoms with Crippen molar-refractivity contribution >= 4 is 17.5 Å². The maximum absolute atomic E-state index is 11.4. The van der Waals surface area contributed by atoms with Gasteiger partial charge in [-0.25, -0.2) is 9.78 Å². The molecule has 0 spiro atoms. The largest absolute Gasteiger partial charge is 0.464 e. The quantitative estimate of drug-likeness (QED) is 0.478. The molecule has 1 aromatic heterocycles. The summed E-state index contributed by atoms with van der Waals surface area (Å²) < 4.78 is 4.55. The Bertz CT molecular complexity index is 549. The fourth-order valence-electron chi connectivity index (χ4n) is 2.42. The molecule has 1 aliphatic rings. The first-order chi connectivity index (χ1) is 10.0. The van der Waals surface area contributed by atoms with Crippen molar-refractivity contribution < 1.29 is 19.6 Å². The lowest BCUT2D eigenvalue weighted by Gasteiger charge is -2.12. The van der Waals surface area contributed by atoms with E-state index >= 15 is 0 Å². The predicted molar refractivity (Wildman–Crippen MR) is 74.1 cm³/mol. The van der Waals surface area contributed by atoms with E-state index in [1.807, 2.05) is 0 Å². The van der Waals surface area contributed by atoms with E-state index in [-0.39, 0.29) is 29.2 Å². The molecule has 0 amide bonds. The lowest BCUT2D eigenvalue weighted by atomic mass is 10.1. The number of hydrogen-bond donors (Lipinski definition) is 2. The number of aliphatic hydroxyl groups excluding tert-OH is 1. The van der Waals surface area contributed by atoms with Crippen molar-refractivity contribution in [3.63, 3.8) is 0 Å². The molecule has 8 heteroatoms. The normalized spacial score (nSPS) is 21.0.